The maximum Gasteiger partial charge on any atom is 0.239 e. The van der Waals surface area contributed by atoms with Gasteiger partial charge in [0.05, 0.1) is 6.54 Å². The fourth-order valence-electron chi connectivity index (χ4n) is 5.11. The zero-order valence-corrected chi connectivity index (χ0v) is 21.2. The van der Waals surface area contributed by atoms with Gasteiger partial charge in [0.25, 0.3) is 0 Å². The third-order valence-electron chi connectivity index (χ3n) is 6.93. The van der Waals surface area contributed by atoms with Gasteiger partial charge in [-0.25, -0.2) is 15.0 Å². The SMILES string of the molecule is Cc1ccc(-c2nc(NC(=O)CN3CCCCC3CCN3CCCCC3)cc(-c3nccs3)n2)o1. The van der Waals surface area contributed by atoms with Crippen LogP contribution in [0.15, 0.2) is 34.2 Å². The predicted octanol–water partition coefficient (Wildman–Crippen LogP) is 4.84. The molecule has 8 nitrogen and oxygen atoms in total. The minimum absolute atomic E-state index is 0.0414. The van der Waals surface area contributed by atoms with Gasteiger partial charge in [0.15, 0.2) is 11.6 Å². The van der Waals surface area contributed by atoms with Gasteiger partial charge in [-0.3, -0.25) is 9.69 Å². The van der Waals surface area contributed by atoms with Crippen LogP contribution in [-0.2, 0) is 4.79 Å². The summed E-state index contributed by atoms with van der Waals surface area (Å²) in [4.78, 5) is 31.7. The first-order valence-corrected chi connectivity index (χ1v) is 13.6. The van der Waals surface area contributed by atoms with Crippen LogP contribution in [0.3, 0.4) is 0 Å². The molecule has 5 rings (SSSR count). The van der Waals surface area contributed by atoms with E-state index in [-0.39, 0.29) is 5.91 Å². The minimum Gasteiger partial charge on any atom is -0.458 e. The number of piperidine rings is 2. The highest BCUT2D eigenvalue weighted by Crippen LogP contribution is 2.27. The average molecular weight is 495 g/mol. The van der Waals surface area contributed by atoms with E-state index in [1.54, 1.807) is 12.3 Å². The number of rotatable bonds is 8. The van der Waals surface area contributed by atoms with Gasteiger partial charge < -0.3 is 14.6 Å². The zero-order valence-electron chi connectivity index (χ0n) is 20.4. The molecular weight excluding hydrogens is 460 g/mol. The van der Waals surface area contributed by atoms with Crippen molar-refractivity contribution in [2.45, 2.75) is 57.9 Å². The third-order valence-corrected chi connectivity index (χ3v) is 7.72. The maximum atomic E-state index is 13.1. The van der Waals surface area contributed by atoms with Crippen LogP contribution in [0.1, 0.15) is 50.7 Å². The van der Waals surface area contributed by atoms with Crippen LogP contribution in [0.25, 0.3) is 22.3 Å². The van der Waals surface area contributed by atoms with Crippen molar-refractivity contribution < 1.29 is 9.21 Å². The summed E-state index contributed by atoms with van der Waals surface area (Å²) in [6.45, 7) is 6.83. The summed E-state index contributed by atoms with van der Waals surface area (Å²) in [5.74, 6) is 2.24. The zero-order chi connectivity index (χ0) is 24.0. The summed E-state index contributed by atoms with van der Waals surface area (Å²) in [6, 6.07) is 5.99. The van der Waals surface area contributed by atoms with Crippen molar-refractivity contribution in [3.63, 3.8) is 0 Å². The Morgan fingerprint density at radius 2 is 2.00 bits per heavy atom. The highest BCUT2D eigenvalue weighted by atomic mass is 32.1. The topological polar surface area (TPSA) is 87.4 Å². The molecule has 2 fully saturated rings. The first kappa shape index (κ1) is 24.1. The molecule has 0 radical (unpaired) electrons. The Labute approximate surface area is 210 Å². The van der Waals surface area contributed by atoms with Crippen molar-refractivity contribution in [1.82, 2.24) is 24.8 Å². The number of likely N-dealkylation sites (tertiary alicyclic amines) is 2. The Kier molecular flexibility index (Phi) is 7.85. The van der Waals surface area contributed by atoms with E-state index in [2.05, 4.69) is 30.1 Å². The molecule has 0 spiro atoms. The first-order chi connectivity index (χ1) is 17.1. The summed E-state index contributed by atoms with van der Waals surface area (Å²) in [6.07, 6.45) is 10.4. The number of hydrogen-bond acceptors (Lipinski definition) is 8. The number of aromatic nitrogens is 3. The number of anilines is 1. The molecule has 1 amide bonds. The van der Waals surface area contributed by atoms with Gasteiger partial charge in [-0.15, -0.1) is 11.3 Å². The Morgan fingerprint density at radius 3 is 2.77 bits per heavy atom. The molecule has 35 heavy (non-hydrogen) atoms. The predicted molar refractivity (Wildman–Crippen MR) is 138 cm³/mol. The molecule has 3 aromatic heterocycles. The standard InChI is InChI=1S/C26H34N6O2S/c1-19-8-9-22(34-19)25-28-21(26-27-11-16-35-26)17-23(30-25)29-24(33)18-32-14-6-3-7-20(32)10-15-31-12-4-2-5-13-31/h8-9,11,16-17,20H,2-7,10,12-15,18H2,1H3,(H,28,29,30,33). The third kappa shape index (κ3) is 6.34. The van der Waals surface area contributed by atoms with Crippen molar-refractivity contribution >= 4 is 23.1 Å². The second-order valence-corrected chi connectivity index (χ2v) is 10.5. The Bertz CT molecular complexity index is 1110. The van der Waals surface area contributed by atoms with Gasteiger partial charge in [-0.05, 0) is 77.3 Å². The lowest BCUT2D eigenvalue weighted by Gasteiger charge is -2.37. The van der Waals surface area contributed by atoms with Gasteiger partial charge in [0.2, 0.25) is 5.91 Å². The quantitative estimate of drug-likeness (QED) is 0.479. The lowest BCUT2D eigenvalue weighted by molar-refractivity contribution is -0.118. The summed E-state index contributed by atoms with van der Waals surface area (Å²) in [5, 5.41) is 5.72. The Morgan fingerprint density at radius 1 is 1.14 bits per heavy atom. The largest absolute Gasteiger partial charge is 0.458 e. The summed E-state index contributed by atoms with van der Waals surface area (Å²) >= 11 is 1.50. The van der Waals surface area contributed by atoms with Crippen molar-refractivity contribution in [3.8, 4) is 22.3 Å². The van der Waals surface area contributed by atoms with Crippen molar-refractivity contribution in [2.75, 3.05) is 38.0 Å². The molecule has 1 unspecified atom stereocenters. The van der Waals surface area contributed by atoms with Crippen LogP contribution in [0, 0.1) is 6.92 Å². The number of nitrogens with one attached hydrogen (secondary N) is 1. The summed E-state index contributed by atoms with van der Waals surface area (Å²) in [7, 11) is 0. The van der Waals surface area contributed by atoms with E-state index in [0.717, 1.165) is 36.7 Å². The van der Waals surface area contributed by atoms with Crippen molar-refractivity contribution in [1.29, 1.82) is 0 Å². The van der Waals surface area contributed by atoms with E-state index in [9.17, 15) is 4.79 Å². The van der Waals surface area contributed by atoms with Crippen molar-refractivity contribution in [2.24, 2.45) is 0 Å². The second-order valence-electron chi connectivity index (χ2n) is 9.57. The summed E-state index contributed by atoms with van der Waals surface area (Å²) < 4.78 is 5.75. The maximum absolute atomic E-state index is 13.1. The molecule has 9 heteroatoms. The number of thiazole rings is 1. The van der Waals surface area contributed by atoms with Crippen LogP contribution in [0.5, 0.6) is 0 Å². The normalized spacial score (nSPS) is 19.6. The lowest BCUT2D eigenvalue weighted by atomic mass is 9.98. The van der Waals surface area contributed by atoms with Crippen LogP contribution in [-0.4, -0.2) is 69.4 Å². The molecule has 2 aliphatic rings. The molecule has 2 saturated heterocycles. The summed E-state index contributed by atoms with van der Waals surface area (Å²) in [5.41, 5.74) is 0.673. The van der Waals surface area contributed by atoms with E-state index in [1.807, 2.05) is 24.4 Å². The molecule has 0 saturated carbocycles. The molecule has 0 aromatic carbocycles. The molecule has 2 aliphatic heterocycles. The number of nitrogens with zero attached hydrogens (tertiary/aromatic N) is 5. The second kappa shape index (κ2) is 11.4. The number of carbonyl (C=O) groups excluding carboxylic acids is 1. The minimum atomic E-state index is -0.0414. The Balaban J connectivity index is 1.27. The molecule has 186 valence electrons. The smallest absolute Gasteiger partial charge is 0.239 e. The Hall–Kier alpha value is -2.62. The molecule has 3 aromatic rings. The van der Waals surface area contributed by atoms with Gasteiger partial charge in [0, 0.05) is 23.7 Å². The number of furan rings is 1. The fourth-order valence-corrected chi connectivity index (χ4v) is 5.71. The van der Waals surface area contributed by atoms with Gasteiger partial charge in [-0.2, -0.15) is 0 Å². The van der Waals surface area contributed by atoms with Crippen LogP contribution < -0.4 is 5.32 Å². The highest BCUT2D eigenvalue weighted by molar-refractivity contribution is 7.13. The van der Waals surface area contributed by atoms with Crippen LogP contribution >= 0.6 is 11.3 Å². The van der Waals surface area contributed by atoms with Gasteiger partial charge in [0.1, 0.15) is 22.3 Å². The molecule has 1 N–H and O–H groups in total. The van der Waals surface area contributed by atoms with E-state index in [4.69, 9.17) is 4.42 Å². The van der Waals surface area contributed by atoms with Gasteiger partial charge >= 0.3 is 0 Å². The number of carbonyl (C=O) groups is 1. The molecule has 0 bridgehead atoms. The molecular formula is C26H34N6O2S. The van der Waals surface area contributed by atoms with E-state index in [0.29, 0.717) is 35.7 Å². The van der Waals surface area contributed by atoms with Crippen LogP contribution in [0.2, 0.25) is 0 Å². The van der Waals surface area contributed by atoms with E-state index >= 15 is 0 Å². The molecule has 5 heterocycles. The highest BCUT2D eigenvalue weighted by Gasteiger charge is 2.25. The van der Waals surface area contributed by atoms with E-state index in [1.165, 1.54) is 56.5 Å². The fraction of sp³-hybridized carbons (Fsp3) is 0.538. The number of hydrogen-bond donors (Lipinski definition) is 1. The van der Waals surface area contributed by atoms with Gasteiger partial charge in [-0.1, -0.05) is 12.8 Å². The van der Waals surface area contributed by atoms with E-state index < -0.39 is 0 Å². The number of amides is 1. The first-order valence-electron chi connectivity index (χ1n) is 12.8. The van der Waals surface area contributed by atoms with Crippen molar-refractivity contribution in [3.05, 3.63) is 35.5 Å². The van der Waals surface area contributed by atoms with Crippen LogP contribution in [0.4, 0.5) is 5.82 Å². The average Bonchev–Trinajstić information content (AvgIpc) is 3.56. The monoisotopic (exact) mass is 494 g/mol. The molecule has 0 aliphatic carbocycles. The molecule has 1 atom stereocenters. The lowest BCUT2D eigenvalue weighted by Crippen LogP contribution is -2.45. The number of aryl methyl sites for hydroxylation is 1.